The van der Waals surface area contributed by atoms with E-state index in [1.165, 1.54) is 32.1 Å². The van der Waals surface area contributed by atoms with Crippen molar-refractivity contribution in [3.8, 4) is 6.07 Å². The van der Waals surface area contributed by atoms with Crippen molar-refractivity contribution in [2.45, 2.75) is 56.6 Å². The Morgan fingerprint density at radius 1 is 1.25 bits per heavy atom. The molecule has 0 amide bonds. The van der Waals surface area contributed by atoms with Crippen molar-refractivity contribution in [1.82, 2.24) is 0 Å². The second kappa shape index (κ2) is 9.14. The van der Waals surface area contributed by atoms with Crippen molar-refractivity contribution in [2.24, 2.45) is 0 Å². The molecule has 0 aromatic rings. The zero-order valence-corrected chi connectivity index (χ0v) is 10.5. The van der Waals surface area contributed by atoms with E-state index in [1.54, 1.807) is 0 Å². The SMILES string of the molecule is CCCCC([AsH2])CCCCC#N. The minimum absolute atomic E-state index is 0.744. The first kappa shape index (κ1) is 12.0. The molecule has 70 valence electrons. The summed E-state index contributed by atoms with van der Waals surface area (Å²) in [5.74, 6) is 0. The average Bonchev–Trinajstić information content (AvgIpc) is 2.09. The number of unbranched alkanes of at least 4 members (excludes halogenated alkanes) is 3. The third-order valence-corrected chi connectivity index (χ3v) is 3.44. The topological polar surface area (TPSA) is 23.8 Å². The fourth-order valence-corrected chi connectivity index (χ4v) is 2.21. The van der Waals surface area contributed by atoms with Gasteiger partial charge in [0.1, 0.15) is 0 Å². The van der Waals surface area contributed by atoms with Crippen LogP contribution in [-0.2, 0) is 0 Å². The van der Waals surface area contributed by atoms with E-state index in [2.05, 4.69) is 13.0 Å². The third-order valence-electron chi connectivity index (χ3n) is 2.04. The normalized spacial score (nSPS) is 12.4. The van der Waals surface area contributed by atoms with Crippen LogP contribution in [0, 0.1) is 11.3 Å². The Labute approximate surface area is 85.0 Å². The molecule has 0 saturated heterocycles. The molecule has 0 aliphatic rings. The number of nitrogens with zero attached hydrogens (tertiary/aromatic N) is 1. The maximum atomic E-state index is 8.33. The molecule has 0 aliphatic heterocycles. The molecule has 0 aromatic heterocycles. The summed E-state index contributed by atoms with van der Waals surface area (Å²) in [4.78, 5) is 0. The molecule has 12 heavy (non-hydrogen) atoms. The first-order valence-corrected chi connectivity index (χ1v) is 6.33. The van der Waals surface area contributed by atoms with Crippen LogP contribution >= 0.6 is 0 Å². The van der Waals surface area contributed by atoms with Crippen molar-refractivity contribution in [3.63, 3.8) is 0 Å². The Balaban J connectivity index is 3.09. The summed E-state index contributed by atoms with van der Waals surface area (Å²) in [6.45, 7) is 2.25. The van der Waals surface area contributed by atoms with Gasteiger partial charge in [0, 0.05) is 0 Å². The van der Waals surface area contributed by atoms with Gasteiger partial charge in [-0.05, 0) is 0 Å². The second-order valence-electron chi connectivity index (χ2n) is 3.31. The fourth-order valence-electron chi connectivity index (χ4n) is 1.22. The van der Waals surface area contributed by atoms with Gasteiger partial charge in [0.25, 0.3) is 0 Å². The van der Waals surface area contributed by atoms with Gasteiger partial charge in [-0.2, -0.15) is 0 Å². The molecule has 1 nitrogen and oxygen atoms in total. The van der Waals surface area contributed by atoms with Crippen LogP contribution < -0.4 is 0 Å². The van der Waals surface area contributed by atoms with Crippen LogP contribution in [-0.4, -0.2) is 16.9 Å². The maximum absolute atomic E-state index is 8.33. The Kier molecular flexibility index (Phi) is 9.18. The van der Waals surface area contributed by atoms with E-state index in [9.17, 15) is 0 Å². The summed E-state index contributed by atoms with van der Waals surface area (Å²) in [5, 5.41) is 8.33. The molecular formula is C10H20AsN. The molecule has 0 N–H and O–H groups in total. The van der Waals surface area contributed by atoms with Gasteiger partial charge < -0.3 is 0 Å². The molecule has 2 unspecified atom stereocenters. The quantitative estimate of drug-likeness (QED) is 0.486. The third kappa shape index (κ3) is 8.15. The number of hydrogen-bond donors (Lipinski definition) is 0. The molecular weight excluding hydrogens is 209 g/mol. The predicted molar refractivity (Wildman–Crippen MR) is 55.9 cm³/mol. The van der Waals surface area contributed by atoms with Gasteiger partial charge in [-0.1, -0.05) is 0 Å². The molecule has 0 aliphatic carbocycles. The van der Waals surface area contributed by atoms with Crippen molar-refractivity contribution >= 4 is 16.9 Å². The van der Waals surface area contributed by atoms with Crippen molar-refractivity contribution < 1.29 is 0 Å². The fraction of sp³-hybridized carbons (Fsp3) is 0.900. The van der Waals surface area contributed by atoms with Crippen LogP contribution in [0.5, 0.6) is 0 Å². The van der Waals surface area contributed by atoms with Gasteiger partial charge in [-0.25, -0.2) is 0 Å². The van der Waals surface area contributed by atoms with Gasteiger partial charge in [-0.3, -0.25) is 0 Å². The Morgan fingerprint density at radius 3 is 2.50 bits per heavy atom. The molecule has 0 fully saturated rings. The minimum atomic E-state index is 0.744. The molecule has 0 spiro atoms. The first-order chi connectivity index (χ1) is 5.81. The van der Waals surface area contributed by atoms with Crippen molar-refractivity contribution in [3.05, 3.63) is 0 Å². The van der Waals surface area contributed by atoms with Gasteiger partial charge in [0.05, 0.1) is 0 Å². The number of hydrogen-bond acceptors (Lipinski definition) is 1. The molecule has 0 saturated carbocycles. The molecule has 0 radical (unpaired) electrons. The molecule has 2 heteroatoms. The summed E-state index contributed by atoms with van der Waals surface area (Å²) in [7, 11) is 0. The van der Waals surface area contributed by atoms with Crippen LogP contribution in [0.1, 0.15) is 51.9 Å². The monoisotopic (exact) mass is 229 g/mol. The summed E-state index contributed by atoms with van der Waals surface area (Å²) in [6.07, 6.45) is 8.52. The number of rotatable bonds is 7. The van der Waals surface area contributed by atoms with E-state index in [1.807, 2.05) is 16.9 Å². The van der Waals surface area contributed by atoms with E-state index in [0.717, 1.165) is 17.5 Å². The Bertz CT molecular complexity index is 128. The van der Waals surface area contributed by atoms with Crippen molar-refractivity contribution in [2.75, 3.05) is 0 Å². The average molecular weight is 229 g/mol. The van der Waals surface area contributed by atoms with Crippen LogP contribution in [0.3, 0.4) is 0 Å². The van der Waals surface area contributed by atoms with Crippen LogP contribution in [0.25, 0.3) is 0 Å². The van der Waals surface area contributed by atoms with Gasteiger partial charge in [-0.15, -0.1) is 0 Å². The Morgan fingerprint density at radius 2 is 1.92 bits per heavy atom. The van der Waals surface area contributed by atoms with Crippen LogP contribution in [0.15, 0.2) is 0 Å². The van der Waals surface area contributed by atoms with Gasteiger partial charge in [0.2, 0.25) is 0 Å². The summed E-state index contributed by atoms with van der Waals surface area (Å²) in [6, 6.07) is 2.19. The van der Waals surface area contributed by atoms with E-state index in [4.69, 9.17) is 5.26 Å². The van der Waals surface area contributed by atoms with E-state index >= 15 is 0 Å². The van der Waals surface area contributed by atoms with Gasteiger partial charge in [0.15, 0.2) is 0 Å². The molecule has 0 bridgehead atoms. The Hall–Kier alpha value is 0.0484. The van der Waals surface area contributed by atoms with Crippen LogP contribution in [0.2, 0.25) is 4.71 Å². The summed E-state index contributed by atoms with van der Waals surface area (Å²) >= 11 is 1.88. The zero-order valence-electron chi connectivity index (χ0n) is 8.05. The van der Waals surface area contributed by atoms with E-state index in [-0.39, 0.29) is 0 Å². The van der Waals surface area contributed by atoms with Crippen molar-refractivity contribution in [1.29, 1.82) is 5.26 Å². The second-order valence-corrected chi connectivity index (χ2v) is 5.28. The zero-order chi connectivity index (χ0) is 9.23. The molecule has 2 atom stereocenters. The van der Waals surface area contributed by atoms with E-state index < -0.39 is 0 Å². The van der Waals surface area contributed by atoms with Crippen LogP contribution in [0.4, 0.5) is 0 Å². The summed E-state index contributed by atoms with van der Waals surface area (Å²) < 4.78 is 0.927. The predicted octanol–water partition coefficient (Wildman–Crippen LogP) is 2.68. The van der Waals surface area contributed by atoms with Gasteiger partial charge >= 0.3 is 84.8 Å². The van der Waals surface area contributed by atoms with E-state index in [0.29, 0.717) is 0 Å². The number of nitriles is 1. The molecule has 0 rings (SSSR count). The standard InChI is InChI=1S/C10H20AsN/c1-2-3-7-10(11)8-5-4-6-9-12/h10H,2-8,11H2,1H3. The summed E-state index contributed by atoms with van der Waals surface area (Å²) in [5.41, 5.74) is 0. The molecule has 0 heterocycles. The molecule has 0 aromatic carbocycles. The first-order valence-electron chi connectivity index (χ1n) is 4.93.